The van der Waals surface area contributed by atoms with Crippen LogP contribution in [0, 0.1) is 5.92 Å². The molecule has 10 heteroatoms. The van der Waals surface area contributed by atoms with E-state index in [1.807, 2.05) is 13.8 Å². The van der Waals surface area contributed by atoms with E-state index in [0.29, 0.717) is 44.6 Å². The molecule has 0 aliphatic carbocycles. The quantitative estimate of drug-likeness (QED) is 0.731. The van der Waals surface area contributed by atoms with Crippen molar-refractivity contribution in [2.24, 2.45) is 5.92 Å². The third-order valence-electron chi connectivity index (χ3n) is 5.87. The van der Waals surface area contributed by atoms with Gasteiger partial charge in [-0.15, -0.1) is 5.10 Å². The number of aliphatic hydroxyl groups is 1. The highest BCUT2D eigenvalue weighted by Crippen LogP contribution is 2.18. The number of fused-ring (bicyclic) bond motifs is 1. The van der Waals surface area contributed by atoms with Crippen LogP contribution in [-0.4, -0.2) is 85.6 Å². The first kappa shape index (κ1) is 23.8. The Kier molecular flexibility index (Phi) is 8.29. The van der Waals surface area contributed by atoms with Crippen LogP contribution in [0.1, 0.15) is 42.7 Å². The van der Waals surface area contributed by atoms with Crippen molar-refractivity contribution >= 4 is 11.8 Å². The van der Waals surface area contributed by atoms with Crippen LogP contribution >= 0.6 is 0 Å². The Morgan fingerprint density at radius 3 is 2.84 bits per heavy atom. The van der Waals surface area contributed by atoms with E-state index >= 15 is 0 Å². The van der Waals surface area contributed by atoms with E-state index in [4.69, 9.17) is 4.74 Å². The number of aromatic nitrogens is 4. The Balaban J connectivity index is 1.81. The van der Waals surface area contributed by atoms with Crippen molar-refractivity contribution < 1.29 is 19.4 Å². The predicted molar refractivity (Wildman–Crippen MR) is 116 cm³/mol. The average molecular weight is 445 g/mol. The van der Waals surface area contributed by atoms with Crippen LogP contribution in [0.4, 0.5) is 0 Å². The van der Waals surface area contributed by atoms with Gasteiger partial charge in [0.25, 0.3) is 5.91 Å². The van der Waals surface area contributed by atoms with E-state index < -0.39 is 0 Å². The maximum Gasteiger partial charge on any atom is 0.253 e. The first-order valence-electron chi connectivity index (χ1n) is 11.0. The molecule has 2 aromatic rings. The summed E-state index contributed by atoms with van der Waals surface area (Å²) in [6, 6.07) is 3.06. The topological polar surface area (TPSA) is 114 Å². The number of nitrogens with zero attached hydrogens (tertiary/aromatic N) is 6. The molecule has 3 atom stereocenters. The Bertz CT molecular complexity index is 890. The molecule has 0 radical (unpaired) electrons. The predicted octanol–water partition coefficient (Wildman–Crippen LogP) is 0.970. The van der Waals surface area contributed by atoms with Crippen LogP contribution in [0.2, 0.25) is 0 Å². The van der Waals surface area contributed by atoms with E-state index in [9.17, 15) is 14.7 Å². The van der Waals surface area contributed by atoms with E-state index in [0.717, 1.165) is 5.69 Å². The minimum atomic E-state index is -0.338. The zero-order valence-corrected chi connectivity index (χ0v) is 18.9. The molecule has 0 spiro atoms. The molecule has 174 valence electrons. The van der Waals surface area contributed by atoms with E-state index in [1.165, 1.54) is 0 Å². The smallest absolute Gasteiger partial charge is 0.253 e. The van der Waals surface area contributed by atoms with Crippen LogP contribution in [0.5, 0.6) is 0 Å². The standard InChI is InChI=1S/C22H32N6O4/c1-16-12-27(17(2)14-29)21(30)5-4-10-28-19(11-24-25-28)15-32-20(16)13-26(3)22(31)18-6-8-23-9-7-18/h6-9,11,16-17,20,29H,4-5,10,12-15H2,1-3H3/t16-,17+,20-/m1/s1. The summed E-state index contributed by atoms with van der Waals surface area (Å²) in [5, 5.41) is 17.8. The van der Waals surface area contributed by atoms with Gasteiger partial charge in [0.15, 0.2) is 0 Å². The number of carbonyl (C=O) groups excluding carboxylic acids is 2. The van der Waals surface area contributed by atoms with Crippen LogP contribution in [-0.2, 0) is 22.7 Å². The van der Waals surface area contributed by atoms with Gasteiger partial charge in [-0.1, -0.05) is 12.1 Å². The second kappa shape index (κ2) is 11.1. The second-order valence-corrected chi connectivity index (χ2v) is 8.38. The number of rotatable bonds is 5. The molecular formula is C22H32N6O4. The van der Waals surface area contributed by atoms with Gasteiger partial charge >= 0.3 is 0 Å². The maximum absolute atomic E-state index is 12.9. The van der Waals surface area contributed by atoms with Crippen molar-refractivity contribution in [3.05, 3.63) is 42.0 Å². The van der Waals surface area contributed by atoms with Gasteiger partial charge in [0, 0.05) is 57.0 Å². The molecule has 1 aliphatic rings. The summed E-state index contributed by atoms with van der Waals surface area (Å²) in [6.45, 7) is 5.37. The lowest BCUT2D eigenvalue weighted by atomic mass is 10.0. The average Bonchev–Trinajstić information content (AvgIpc) is 3.25. The van der Waals surface area contributed by atoms with E-state index in [2.05, 4.69) is 15.3 Å². The highest BCUT2D eigenvalue weighted by molar-refractivity contribution is 5.93. The fraction of sp³-hybridized carbons (Fsp3) is 0.591. The number of aliphatic hydroxyl groups excluding tert-OH is 1. The van der Waals surface area contributed by atoms with Gasteiger partial charge in [-0.25, -0.2) is 4.68 Å². The molecule has 1 aliphatic heterocycles. The summed E-state index contributed by atoms with van der Waals surface area (Å²) < 4.78 is 8.01. The summed E-state index contributed by atoms with van der Waals surface area (Å²) in [5.74, 6) is -0.220. The molecule has 3 rings (SSSR count). The Labute approximate surface area is 188 Å². The molecule has 0 unspecified atom stereocenters. The largest absolute Gasteiger partial charge is 0.394 e. The normalized spacial score (nSPS) is 21.2. The number of amides is 2. The number of hydrogen-bond acceptors (Lipinski definition) is 7. The van der Waals surface area contributed by atoms with Gasteiger partial charge in [0.05, 0.1) is 37.3 Å². The molecule has 0 saturated carbocycles. The molecule has 0 saturated heterocycles. The fourth-order valence-electron chi connectivity index (χ4n) is 3.81. The van der Waals surface area contributed by atoms with Crippen LogP contribution in [0.25, 0.3) is 0 Å². The lowest BCUT2D eigenvalue weighted by Gasteiger charge is -2.35. The fourth-order valence-corrected chi connectivity index (χ4v) is 3.81. The summed E-state index contributed by atoms with van der Waals surface area (Å²) in [6.07, 6.45) is 5.50. The number of hydrogen-bond donors (Lipinski definition) is 1. The highest BCUT2D eigenvalue weighted by Gasteiger charge is 2.29. The van der Waals surface area contributed by atoms with Crippen molar-refractivity contribution in [1.29, 1.82) is 0 Å². The van der Waals surface area contributed by atoms with Crippen molar-refractivity contribution in [3.8, 4) is 0 Å². The molecule has 3 heterocycles. The number of likely N-dealkylation sites (N-methyl/N-ethyl adjacent to an activating group) is 1. The Hall–Kier alpha value is -2.85. The number of aryl methyl sites for hydroxylation is 1. The van der Waals surface area contributed by atoms with Gasteiger partial charge in [-0.2, -0.15) is 0 Å². The first-order valence-corrected chi connectivity index (χ1v) is 11.0. The minimum absolute atomic E-state index is 0.0133. The molecule has 2 amide bonds. The van der Waals surface area contributed by atoms with Gasteiger partial charge in [0.2, 0.25) is 5.91 Å². The Morgan fingerprint density at radius 1 is 1.38 bits per heavy atom. The van der Waals surface area contributed by atoms with Crippen molar-refractivity contribution in [1.82, 2.24) is 29.8 Å². The lowest BCUT2D eigenvalue weighted by Crippen LogP contribution is -2.48. The third kappa shape index (κ3) is 5.89. The van der Waals surface area contributed by atoms with Crippen molar-refractivity contribution in [2.75, 3.05) is 26.7 Å². The third-order valence-corrected chi connectivity index (χ3v) is 5.87. The molecule has 1 N–H and O–H groups in total. The number of pyridine rings is 1. The first-order chi connectivity index (χ1) is 15.4. The molecular weight excluding hydrogens is 412 g/mol. The maximum atomic E-state index is 12.9. The summed E-state index contributed by atoms with van der Waals surface area (Å²) in [4.78, 5) is 33.1. The monoisotopic (exact) mass is 444 g/mol. The van der Waals surface area contributed by atoms with Gasteiger partial charge in [-0.05, 0) is 25.5 Å². The molecule has 2 aromatic heterocycles. The zero-order valence-electron chi connectivity index (χ0n) is 18.9. The van der Waals surface area contributed by atoms with Gasteiger partial charge in [0.1, 0.15) is 0 Å². The zero-order chi connectivity index (χ0) is 23.1. The Morgan fingerprint density at radius 2 is 2.12 bits per heavy atom. The molecule has 32 heavy (non-hydrogen) atoms. The highest BCUT2D eigenvalue weighted by atomic mass is 16.5. The molecule has 0 bridgehead atoms. The van der Waals surface area contributed by atoms with Crippen LogP contribution in [0.3, 0.4) is 0 Å². The SMILES string of the molecule is C[C@@H]1CN([C@@H](C)CO)C(=O)CCCn2nncc2CO[C@@H]1CN(C)C(=O)c1ccncc1. The lowest BCUT2D eigenvalue weighted by molar-refractivity contribution is -0.136. The summed E-state index contributed by atoms with van der Waals surface area (Å²) in [7, 11) is 1.74. The molecule has 0 aromatic carbocycles. The second-order valence-electron chi connectivity index (χ2n) is 8.38. The van der Waals surface area contributed by atoms with Crippen molar-refractivity contribution in [2.45, 2.75) is 52.0 Å². The molecule has 0 fully saturated rings. The van der Waals surface area contributed by atoms with E-state index in [-0.39, 0.29) is 36.5 Å². The van der Waals surface area contributed by atoms with Crippen LogP contribution in [0.15, 0.2) is 30.7 Å². The number of ether oxygens (including phenoxy) is 1. The number of carbonyl (C=O) groups is 2. The minimum Gasteiger partial charge on any atom is -0.394 e. The van der Waals surface area contributed by atoms with E-state index in [1.54, 1.807) is 52.3 Å². The summed E-state index contributed by atoms with van der Waals surface area (Å²) >= 11 is 0. The van der Waals surface area contributed by atoms with Crippen molar-refractivity contribution in [3.63, 3.8) is 0 Å². The molecule has 10 nitrogen and oxygen atoms in total. The van der Waals surface area contributed by atoms with Gasteiger partial charge < -0.3 is 19.6 Å². The van der Waals surface area contributed by atoms with Crippen LogP contribution < -0.4 is 0 Å². The summed E-state index contributed by atoms with van der Waals surface area (Å²) in [5.41, 5.74) is 1.38. The van der Waals surface area contributed by atoms with Gasteiger partial charge in [-0.3, -0.25) is 14.6 Å².